The van der Waals surface area contributed by atoms with Crippen LogP contribution in [0, 0.1) is 0 Å². The Hall–Kier alpha value is -0.0800. The van der Waals surface area contributed by atoms with Gasteiger partial charge in [0, 0.05) is 0 Å². The molecule has 2 heteroatoms. The summed E-state index contributed by atoms with van der Waals surface area (Å²) < 4.78 is 0. The van der Waals surface area contributed by atoms with Crippen molar-refractivity contribution in [3.8, 4) is 0 Å². The molecule has 2 nitrogen and oxygen atoms in total. The average Bonchev–Trinajstić information content (AvgIpc) is 2.36. The van der Waals surface area contributed by atoms with E-state index in [0.29, 0.717) is 0 Å². The van der Waals surface area contributed by atoms with Crippen LogP contribution in [0.2, 0.25) is 0 Å². The second-order valence-corrected chi connectivity index (χ2v) is 6.05. The Morgan fingerprint density at radius 1 is 0.632 bits per heavy atom. The second-order valence-electron chi connectivity index (χ2n) is 6.05. The molecule has 0 saturated carbocycles. The van der Waals surface area contributed by atoms with Crippen LogP contribution in [-0.4, -0.2) is 22.4 Å². The molecule has 0 heterocycles. The zero-order valence-corrected chi connectivity index (χ0v) is 13.2. The van der Waals surface area contributed by atoms with Crippen LogP contribution in [0.15, 0.2) is 0 Å². The van der Waals surface area contributed by atoms with Crippen molar-refractivity contribution in [3.63, 3.8) is 0 Å². The number of unbranched alkanes of at least 4 members (excludes halogenated alkanes) is 8. The third kappa shape index (κ3) is 15.9. The van der Waals surface area contributed by atoms with Gasteiger partial charge in [-0.2, -0.15) is 0 Å². The van der Waals surface area contributed by atoms with Crippen LogP contribution in [-0.2, 0) is 0 Å². The number of hydrogen-bond acceptors (Lipinski definition) is 2. The molecule has 0 aromatic heterocycles. The Kier molecular flexibility index (Phi) is 14.3. The molecule has 0 aromatic rings. The Bertz CT molecular complexity index is 169. The molecule has 0 fully saturated rings. The lowest BCUT2D eigenvalue weighted by Gasteiger charge is -2.11. The van der Waals surface area contributed by atoms with Gasteiger partial charge in [-0.05, 0) is 32.6 Å². The van der Waals surface area contributed by atoms with Crippen LogP contribution in [0.3, 0.4) is 0 Å². The predicted octanol–water partition coefficient (Wildman–Crippen LogP) is 4.82. The molecule has 0 radical (unpaired) electrons. The number of aliphatic hydroxyl groups is 2. The molecule has 0 saturated heterocycles. The Morgan fingerprint density at radius 2 is 1.11 bits per heavy atom. The van der Waals surface area contributed by atoms with Crippen molar-refractivity contribution in [2.75, 3.05) is 0 Å². The van der Waals surface area contributed by atoms with E-state index in [0.717, 1.165) is 32.1 Å². The van der Waals surface area contributed by atoms with Crippen molar-refractivity contribution in [3.05, 3.63) is 0 Å². The first-order valence-corrected chi connectivity index (χ1v) is 8.53. The van der Waals surface area contributed by atoms with Gasteiger partial charge in [0.1, 0.15) is 0 Å². The minimum Gasteiger partial charge on any atom is -0.393 e. The summed E-state index contributed by atoms with van der Waals surface area (Å²) in [5, 5.41) is 18.9. The van der Waals surface area contributed by atoms with Crippen molar-refractivity contribution in [2.24, 2.45) is 0 Å². The first kappa shape index (κ1) is 18.9. The molecule has 0 spiro atoms. The van der Waals surface area contributed by atoms with Gasteiger partial charge in [-0.3, -0.25) is 0 Å². The molecular formula is C17H36O2. The molecule has 0 aliphatic rings. The van der Waals surface area contributed by atoms with E-state index in [4.69, 9.17) is 5.11 Å². The summed E-state index contributed by atoms with van der Waals surface area (Å²) in [7, 11) is 0. The summed E-state index contributed by atoms with van der Waals surface area (Å²) in [6.07, 6.45) is 15.2. The standard InChI is InChI=1S/C17H36O2/c1-3-4-5-6-7-8-9-10-11-14-17(19)15-12-13-16(2)18/h16-19H,3-15H2,1-2H3/t16-,17-/m0/s1. The molecule has 0 bridgehead atoms. The predicted molar refractivity (Wildman–Crippen MR) is 83.4 cm³/mol. The van der Waals surface area contributed by atoms with E-state index >= 15 is 0 Å². The van der Waals surface area contributed by atoms with Crippen LogP contribution in [0.25, 0.3) is 0 Å². The summed E-state index contributed by atoms with van der Waals surface area (Å²) in [5.74, 6) is 0. The lowest BCUT2D eigenvalue weighted by Crippen LogP contribution is -2.08. The second kappa shape index (κ2) is 14.3. The van der Waals surface area contributed by atoms with E-state index in [9.17, 15) is 5.11 Å². The van der Waals surface area contributed by atoms with E-state index in [1.165, 1.54) is 51.4 Å². The van der Waals surface area contributed by atoms with Crippen molar-refractivity contribution >= 4 is 0 Å². The largest absolute Gasteiger partial charge is 0.393 e. The molecule has 0 aliphatic heterocycles. The Balaban J connectivity index is 3.12. The SMILES string of the molecule is CCCCCCCCCCC[C@H](O)CCC[C@H](C)O. The molecule has 0 amide bonds. The average molecular weight is 272 g/mol. The molecule has 0 aromatic carbocycles. The van der Waals surface area contributed by atoms with Crippen molar-refractivity contribution in [2.45, 2.75) is 110 Å². The minimum absolute atomic E-state index is 0.150. The van der Waals surface area contributed by atoms with Crippen LogP contribution < -0.4 is 0 Å². The van der Waals surface area contributed by atoms with Crippen LogP contribution in [0.4, 0.5) is 0 Å². The summed E-state index contributed by atoms with van der Waals surface area (Å²) in [6.45, 7) is 4.07. The monoisotopic (exact) mass is 272 g/mol. The normalized spacial score (nSPS) is 14.5. The Labute approximate surface area is 120 Å². The molecule has 0 rings (SSSR count). The molecule has 0 unspecified atom stereocenters. The van der Waals surface area contributed by atoms with E-state index in [-0.39, 0.29) is 12.2 Å². The number of rotatable bonds is 14. The number of aliphatic hydroxyl groups excluding tert-OH is 2. The zero-order valence-electron chi connectivity index (χ0n) is 13.2. The fraction of sp³-hybridized carbons (Fsp3) is 1.00. The van der Waals surface area contributed by atoms with Gasteiger partial charge in [-0.1, -0.05) is 64.7 Å². The third-order valence-corrected chi connectivity index (χ3v) is 3.80. The third-order valence-electron chi connectivity index (χ3n) is 3.80. The summed E-state index contributed by atoms with van der Waals surface area (Å²) in [5.41, 5.74) is 0. The topological polar surface area (TPSA) is 40.5 Å². The molecule has 0 aliphatic carbocycles. The van der Waals surface area contributed by atoms with Gasteiger partial charge >= 0.3 is 0 Å². The highest BCUT2D eigenvalue weighted by Crippen LogP contribution is 2.13. The highest BCUT2D eigenvalue weighted by atomic mass is 16.3. The Morgan fingerprint density at radius 3 is 1.63 bits per heavy atom. The van der Waals surface area contributed by atoms with Gasteiger partial charge in [0.05, 0.1) is 12.2 Å². The molecule has 2 N–H and O–H groups in total. The van der Waals surface area contributed by atoms with Crippen molar-refractivity contribution in [1.29, 1.82) is 0 Å². The van der Waals surface area contributed by atoms with Crippen molar-refractivity contribution in [1.82, 2.24) is 0 Å². The number of hydrogen-bond donors (Lipinski definition) is 2. The van der Waals surface area contributed by atoms with E-state index in [1.807, 2.05) is 6.92 Å². The van der Waals surface area contributed by atoms with Gasteiger partial charge < -0.3 is 10.2 Å². The fourth-order valence-corrected chi connectivity index (χ4v) is 2.48. The molecule has 2 atom stereocenters. The van der Waals surface area contributed by atoms with E-state index < -0.39 is 0 Å². The smallest absolute Gasteiger partial charge is 0.0540 e. The summed E-state index contributed by atoms with van der Waals surface area (Å²) in [4.78, 5) is 0. The fourth-order valence-electron chi connectivity index (χ4n) is 2.48. The van der Waals surface area contributed by atoms with Crippen LogP contribution in [0.5, 0.6) is 0 Å². The van der Waals surface area contributed by atoms with Crippen LogP contribution >= 0.6 is 0 Å². The maximum Gasteiger partial charge on any atom is 0.0540 e. The van der Waals surface area contributed by atoms with Gasteiger partial charge in [0.15, 0.2) is 0 Å². The lowest BCUT2D eigenvalue weighted by molar-refractivity contribution is 0.133. The zero-order chi connectivity index (χ0) is 14.3. The highest BCUT2D eigenvalue weighted by molar-refractivity contribution is 4.58. The quantitative estimate of drug-likeness (QED) is 0.445. The van der Waals surface area contributed by atoms with Gasteiger partial charge in [-0.15, -0.1) is 0 Å². The maximum absolute atomic E-state index is 9.78. The molecular weight excluding hydrogens is 236 g/mol. The van der Waals surface area contributed by atoms with Gasteiger partial charge in [0.25, 0.3) is 0 Å². The van der Waals surface area contributed by atoms with E-state index in [1.54, 1.807) is 0 Å². The minimum atomic E-state index is -0.222. The molecule has 116 valence electrons. The van der Waals surface area contributed by atoms with Gasteiger partial charge in [-0.25, -0.2) is 0 Å². The lowest BCUT2D eigenvalue weighted by atomic mass is 10.0. The first-order chi connectivity index (χ1) is 9.16. The van der Waals surface area contributed by atoms with Crippen molar-refractivity contribution < 1.29 is 10.2 Å². The maximum atomic E-state index is 9.78. The molecule has 19 heavy (non-hydrogen) atoms. The first-order valence-electron chi connectivity index (χ1n) is 8.53. The summed E-state index contributed by atoms with van der Waals surface area (Å²) in [6, 6.07) is 0. The highest BCUT2D eigenvalue weighted by Gasteiger charge is 2.04. The van der Waals surface area contributed by atoms with E-state index in [2.05, 4.69) is 6.92 Å². The van der Waals surface area contributed by atoms with Gasteiger partial charge in [0.2, 0.25) is 0 Å². The van der Waals surface area contributed by atoms with Crippen LogP contribution in [0.1, 0.15) is 97.3 Å². The summed E-state index contributed by atoms with van der Waals surface area (Å²) >= 11 is 0.